The van der Waals surface area contributed by atoms with Crippen LogP contribution in [0.25, 0.3) is 0 Å². The Bertz CT molecular complexity index is 818. The molecule has 1 N–H and O–H groups in total. The summed E-state index contributed by atoms with van der Waals surface area (Å²) >= 11 is 0. The van der Waals surface area contributed by atoms with E-state index < -0.39 is 17.4 Å². The minimum atomic E-state index is -1.06. The Morgan fingerprint density at radius 3 is 2.61 bits per heavy atom. The predicted molar refractivity (Wildman–Crippen MR) is 83.3 cm³/mol. The van der Waals surface area contributed by atoms with E-state index in [1.54, 1.807) is 37.3 Å². The van der Waals surface area contributed by atoms with Gasteiger partial charge in [0.25, 0.3) is 5.56 Å². The van der Waals surface area contributed by atoms with Crippen LogP contribution in [0.1, 0.15) is 12.5 Å². The van der Waals surface area contributed by atoms with E-state index in [4.69, 9.17) is 10.00 Å². The fourth-order valence-corrected chi connectivity index (χ4v) is 2.09. The summed E-state index contributed by atoms with van der Waals surface area (Å²) in [5.74, 6) is 0.579. The lowest BCUT2D eigenvalue weighted by Crippen LogP contribution is -2.44. The smallest absolute Gasteiger partial charge is 0.331 e. The number of nitrogens with zero attached hydrogens (tertiary/aromatic N) is 3. The number of hydrogen-bond donors (Lipinski definition) is 1. The number of hydrogen-bond acceptors (Lipinski definition) is 5. The monoisotopic (exact) mass is 315 g/mol. The minimum absolute atomic E-state index is 0.0706. The van der Waals surface area contributed by atoms with Crippen LogP contribution in [0.5, 0.6) is 5.75 Å². The first kappa shape index (κ1) is 16.5. The van der Waals surface area contributed by atoms with Gasteiger partial charge in [-0.2, -0.15) is 5.26 Å². The van der Waals surface area contributed by atoms with Gasteiger partial charge in [-0.1, -0.05) is 18.2 Å². The fraction of sp³-hybridized carbons (Fsp3) is 0.312. The maximum Gasteiger partial charge on any atom is 0.331 e. The average Bonchev–Trinajstić information content (AvgIpc) is 2.58. The van der Waals surface area contributed by atoms with E-state index in [9.17, 15) is 14.7 Å². The second kappa shape index (κ2) is 7.42. The normalized spacial score (nSPS) is 11.7. The van der Waals surface area contributed by atoms with Crippen molar-refractivity contribution < 1.29 is 9.84 Å². The SMILES string of the molecule is CCn1cc(C#N)c(=O)n(CC(O)COc2ccccc2)c1=O. The Hall–Kier alpha value is -2.85. The van der Waals surface area contributed by atoms with Gasteiger partial charge in [-0.05, 0) is 19.1 Å². The van der Waals surface area contributed by atoms with E-state index in [1.165, 1.54) is 10.8 Å². The molecule has 120 valence electrons. The van der Waals surface area contributed by atoms with Crippen molar-refractivity contribution in [3.63, 3.8) is 0 Å². The second-order valence-corrected chi connectivity index (χ2v) is 4.92. The first-order valence-electron chi connectivity index (χ1n) is 7.17. The van der Waals surface area contributed by atoms with Crippen molar-refractivity contribution in [3.8, 4) is 11.8 Å². The van der Waals surface area contributed by atoms with Crippen molar-refractivity contribution in [1.29, 1.82) is 5.26 Å². The highest BCUT2D eigenvalue weighted by Gasteiger charge is 2.14. The zero-order valence-electron chi connectivity index (χ0n) is 12.7. The van der Waals surface area contributed by atoms with E-state index in [-0.39, 0.29) is 18.7 Å². The van der Waals surface area contributed by atoms with Crippen molar-refractivity contribution in [2.75, 3.05) is 6.61 Å². The van der Waals surface area contributed by atoms with E-state index in [1.807, 2.05) is 6.07 Å². The Balaban J connectivity index is 2.17. The molecule has 1 atom stereocenters. The highest BCUT2D eigenvalue weighted by Crippen LogP contribution is 2.08. The van der Waals surface area contributed by atoms with Crippen LogP contribution in [0.15, 0.2) is 46.1 Å². The van der Waals surface area contributed by atoms with Gasteiger partial charge in [0, 0.05) is 12.7 Å². The Morgan fingerprint density at radius 1 is 1.30 bits per heavy atom. The number of ether oxygens (including phenoxy) is 1. The molecule has 7 nitrogen and oxygen atoms in total. The molecule has 1 aromatic carbocycles. The molecule has 2 rings (SSSR count). The van der Waals surface area contributed by atoms with Crippen LogP contribution in [-0.2, 0) is 13.1 Å². The minimum Gasteiger partial charge on any atom is -0.491 e. The third kappa shape index (κ3) is 3.87. The summed E-state index contributed by atoms with van der Waals surface area (Å²) in [6, 6.07) is 10.7. The lowest BCUT2D eigenvalue weighted by Gasteiger charge is -2.14. The molecule has 1 heterocycles. The van der Waals surface area contributed by atoms with Gasteiger partial charge in [-0.25, -0.2) is 4.79 Å². The van der Waals surface area contributed by atoms with Crippen LogP contribution in [0, 0.1) is 11.3 Å². The number of rotatable bonds is 6. The summed E-state index contributed by atoms with van der Waals surface area (Å²) in [4.78, 5) is 24.2. The molecule has 1 aromatic heterocycles. The van der Waals surface area contributed by atoms with Gasteiger partial charge in [0.05, 0.1) is 6.54 Å². The van der Waals surface area contributed by atoms with Crippen molar-refractivity contribution in [3.05, 3.63) is 62.9 Å². The maximum absolute atomic E-state index is 12.2. The molecule has 0 aliphatic rings. The van der Waals surface area contributed by atoms with Crippen molar-refractivity contribution >= 4 is 0 Å². The number of benzene rings is 1. The van der Waals surface area contributed by atoms with Crippen LogP contribution in [0.2, 0.25) is 0 Å². The summed E-state index contributed by atoms with van der Waals surface area (Å²) in [6.45, 7) is 1.75. The van der Waals surface area contributed by atoms with Crippen LogP contribution < -0.4 is 16.0 Å². The molecule has 1 unspecified atom stereocenters. The Labute approximate surface area is 132 Å². The van der Waals surface area contributed by atoms with Gasteiger partial charge in [0.15, 0.2) is 0 Å². The number of nitriles is 1. The van der Waals surface area contributed by atoms with Crippen LogP contribution in [0.4, 0.5) is 0 Å². The third-order valence-corrected chi connectivity index (χ3v) is 3.28. The lowest BCUT2D eigenvalue weighted by atomic mass is 10.3. The molecule has 2 aromatic rings. The highest BCUT2D eigenvalue weighted by molar-refractivity contribution is 5.22. The number of aliphatic hydroxyl groups is 1. The molecular weight excluding hydrogens is 298 g/mol. The number of aryl methyl sites for hydroxylation is 1. The van der Waals surface area contributed by atoms with E-state index in [0.717, 1.165) is 4.57 Å². The molecule has 0 amide bonds. The van der Waals surface area contributed by atoms with Gasteiger partial charge >= 0.3 is 5.69 Å². The van der Waals surface area contributed by atoms with Gasteiger partial charge in [0.2, 0.25) is 0 Å². The predicted octanol–water partition coefficient (Wildman–Crippen LogP) is 0.341. The maximum atomic E-state index is 12.2. The van der Waals surface area contributed by atoms with Crippen molar-refractivity contribution in [1.82, 2.24) is 9.13 Å². The Morgan fingerprint density at radius 2 is 2.00 bits per heavy atom. The summed E-state index contributed by atoms with van der Waals surface area (Å²) in [5, 5.41) is 19.0. The molecule has 0 fully saturated rings. The van der Waals surface area contributed by atoms with Gasteiger partial charge in [-0.3, -0.25) is 13.9 Å². The quantitative estimate of drug-likeness (QED) is 0.829. The Kier molecular flexibility index (Phi) is 5.33. The first-order chi connectivity index (χ1) is 11.1. The molecule has 0 saturated carbocycles. The third-order valence-electron chi connectivity index (χ3n) is 3.28. The first-order valence-corrected chi connectivity index (χ1v) is 7.17. The van der Waals surface area contributed by atoms with E-state index >= 15 is 0 Å². The van der Waals surface area contributed by atoms with Crippen LogP contribution in [-0.4, -0.2) is 27.0 Å². The molecule has 7 heteroatoms. The number of aliphatic hydroxyl groups excluding tert-OH is 1. The zero-order chi connectivity index (χ0) is 16.8. The number of aromatic nitrogens is 2. The van der Waals surface area contributed by atoms with Crippen molar-refractivity contribution in [2.24, 2.45) is 0 Å². The highest BCUT2D eigenvalue weighted by atomic mass is 16.5. The van der Waals surface area contributed by atoms with Crippen LogP contribution >= 0.6 is 0 Å². The molecular formula is C16H17N3O4. The summed E-state index contributed by atoms with van der Waals surface area (Å²) in [6.07, 6.45) is 0.174. The second-order valence-electron chi connectivity index (χ2n) is 4.92. The largest absolute Gasteiger partial charge is 0.491 e. The standard InChI is InChI=1S/C16H17N3O4/c1-2-18-9-12(8-17)15(21)19(16(18)22)10-13(20)11-23-14-6-4-3-5-7-14/h3-7,9,13,20H,2,10-11H2,1H3. The average molecular weight is 315 g/mol. The van der Waals surface area contributed by atoms with Crippen molar-refractivity contribution in [2.45, 2.75) is 26.1 Å². The van der Waals surface area contributed by atoms with Gasteiger partial charge < -0.3 is 9.84 Å². The molecule has 0 radical (unpaired) electrons. The molecule has 0 aliphatic carbocycles. The summed E-state index contributed by atoms with van der Waals surface area (Å²) in [7, 11) is 0. The van der Waals surface area contributed by atoms with Gasteiger partial charge in [0.1, 0.15) is 30.1 Å². The molecule has 23 heavy (non-hydrogen) atoms. The fourth-order valence-electron chi connectivity index (χ4n) is 2.09. The van der Waals surface area contributed by atoms with Crippen LogP contribution in [0.3, 0.4) is 0 Å². The molecule has 0 aliphatic heterocycles. The zero-order valence-corrected chi connectivity index (χ0v) is 12.7. The molecule has 0 bridgehead atoms. The number of para-hydroxylation sites is 1. The molecule has 0 saturated heterocycles. The molecule has 0 spiro atoms. The van der Waals surface area contributed by atoms with E-state index in [0.29, 0.717) is 12.3 Å². The van der Waals surface area contributed by atoms with E-state index in [2.05, 4.69) is 0 Å². The summed E-state index contributed by atoms with van der Waals surface area (Å²) < 4.78 is 7.51. The summed E-state index contributed by atoms with van der Waals surface area (Å²) in [5.41, 5.74) is -1.40. The topological polar surface area (TPSA) is 97.2 Å². The van der Waals surface area contributed by atoms with Gasteiger partial charge in [-0.15, -0.1) is 0 Å². The lowest BCUT2D eigenvalue weighted by molar-refractivity contribution is 0.0899.